The van der Waals surface area contributed by atoms with Gasteiger partial charge in [0.15, 0.2) is 11.6 Å². The number of benzene rings is 1. The van der Waals surface area contributed by atoms with Crippen LogP contribution in [0.5, 0.6) is 5.75 Å². The Labute approximate surface area is 98.7 Å². The summed E-state index contributed by atoms with van der Waals surface area (Å²) >= 11 is 0. The molecule has 1 heterocycles. The van der Waals surface area contributed by atoms with E-state index in [0.717, 1.165) is 6.42 Å². The molecule has 1 aromatic rings. The Morgan fingerprint density at radius 3 is 3.00 bits per heavy atom. The zero-order chi connectivity index (χ0) is 12.3. The standard InChI is InChI=1S/C12H14FNO3/c1-16-11-3-2-8(6-10(11)13)12(15)14-9-4-5-17-7-9/h2-3,6,9H,4-5,7H2,1H3,(H,14,15). The minimum atomic E-state index is -0.539. The van der Waals surface area contributed by atoms with Crippen LogP contribution >= 0.6 is 0 Å². The molecule has 0 saturated carbocycles. The second-order valence-corrected chi connectivity index (χ2v) is 3.88. The van der Waals surface area contributed by atoms with Gasteiger partial charge in [-0.05, 0) is 24.6 Å². The number of methoxy groups -OCH3 is 1. The Bertz CT molecular complexity index is 416. The minimum Gasteiger partial charge on any atom is -0.494 e. The third-order valence-electron chi connectivity index (χ3n) is 2.68. The molecule has 2 rings (SSSR count). The largest absolute Gasteiger partial charge is 0.494 e. The molecule has 1 aliphatic rings. The van der Waals surface area contributed by atoms with Crippen molar-refractivity contribution in [1.29, 1.82) is 0 Å². The summed E-state index contributed by atoms with van der Waals surface area (Å²) in [6.45, 7) is 1.17. The van der Waals surface area contributed by atoms with Gasteiger partial charge in [-0.15, -0.1) is 0 Å². The number of halogens is 1. The molecule has 17 heavy (non-hydrogen) atoms. The average molecular weight is 239 g/mol. The molecule has 1 unspecified atom stereocenters. The highest BCUT2D eigenvalue weighted by molar-refractivity contribution is 5.94. The highest BCUT2D eigenvalue weighted by Gasteiger charge is 2.19. The van der Waals surface area contributed by atoms with Gasteiger partial charge in [-0.2, -0.15) is 0 Å². The van der Waals surface area contributed by atoms with Gasteiger partial charge in [0.05, 0.1) is 19.8 Å². The maximum atomic E-state index is 13.4. The molecule has 5 heteroatoms. The summed E-state index contributed by atoms with van der Waals surface area (Å²) in [5, 5.41) is 2.79. The summed E-state index contributed by atoms with van der Waals surface area (Å²) in [5.41, 5.74) is 0.287. The topological polar surface area (TPSA) is 47.6 Å². The fraction of sp³-hybridized carbons (Fsp3) is 0.417. The molecular weight excluding hydrogens is 225 g/mol. The summed E-state index contributed by atoms with van der Waals surface area (Å²) in [5.74, 6) is -0.698. The van der Waals surface area contributed by atoms with Crippen molar-refractivity contribution in [2.24, 2.45) is 0 Å². The minimum absolute atomic E-state index is 0.0210. The number of carbonyl (C=O) groups excluding carboxylic acids is 1. The van der Waals surface area contributed by atoms with Crippen molar-refractivity contribution >= 4 is 5.91 Å². The van der Waals surface area contributed by atoms with Gasteiger partial charge in [-0.3, -0.25) is 4.79 Å². The molecule has 1 aliphatic heterocycles. The highest BCUT2D eigenvalue weighted by Crippen LogP contribution is 2.17. The molecule has 92 valence electrons. The molecular formula is C12H14FNO3. The molecule has 1 saturated heterocycles. The number of hydrogen-bond acceptors (Lipinski definition) is 3. The quantitative estimate of drug-likeness (QED) is 0.866. The SMILES string of the molecule is COc1ccc(C(=O)NC2CCOC2)cc1F. The number of nitrogens with one attached hydrogen (secondary N) is 1. The van der Waals surface area contributed by atoms with Gasteiger partial charge in [0.25, 0.3) is 5.91 Å². The zero-order valence-electron chi connectivity index (χ0n) is 9.53. The zero-order valence-corrected chi connectivity index (χ0v) is 9.53. The molecule has 0 aliphatic carbocycles. The van der Waals surface area contributed by atoms with E-state index in [4.69, 9.17) is 9.47 Å². The third kappa shape index (κ3) is 2.74. The molecule has 0 aromatic heterocycles. The number of amides is 1. The molecule has 0 bridgehead atoms. The lowest BCUT2D eigenvalue weighted by molar-refractivity contribution is 0.0929. The van der Waals surface area contributed by atoms with Crippen LogP contribution in [0, 0.1) is 5.82 Å². The van der Waals surface area contributed by atoms with E-state index >= 15 is 0 Å². The van der Waals surface area contributed by atoms with Crippen molar-refractivity contribution in [1.82, 2.24) is 5.32 Å². The van der Waals surface area contributed by atoms with Crippen LogP contribution < -0.4 is 10.1 Å². The Hall–Kier alpha value is -1.62. The van der Waals surface area contributed by atoms with Crippen LogP contribution in [-0.4, -0.2) is 32.3 Å². The van der Waals surface area contributed by atoms with Crippen LogP contribution in [0.15, 0.2) is 18.2 Å². The fourth-order valence-corrected chi connectivity index (χ4v) is 1.72. The number of carbonyl (C=O) groups is 1. The third-order valence-corrected chi connectivity index (χ3v) is 2.68. The number of rotatable bonds is 3. The van der Waals surface area contributed by atoms with Crippen molar-refractivity contribution in [3.8, 4) is 5.75 Å². The van der Waals surface area contributed by atoms with E-state index < -0.39 is 5.82 Å². The molecule has 1 amide bonds. The van der Waals surface area contributed by atoms with Crippen LogP contribution in [0.4, 0.5) is 4.39 Å². The number of ether oxygens (including phenoxy) is 2. The van der Waals surface area contributed by atoms with Crippen molar-refractivity contribution in [3.05, 3.63) is 29.6 Å². The van der Waals surface area contributed by atoms with Gasteiger partial charge < -0.3 is 14.8 Å². The summed E-state index contributed by atoms with van der Waals surface area (Å²) in [7, 11) is 1.38. The van der Waals surface area contributed by atoms with Gasteiger partial charge >= 0.3 is 0 Å². The van der Waals surface area contributed by atoms with Gasteiger partial charge in [-0.25, -0.2) is 4.39 Å². The van der Waals surface area contributed by atoms with Gasteiger partial charge in [0.2, 0.25) is 0 Å². The predicted octanol–water partition coefficient (Wildman–Crippen LogP) is 1.35. The molecule has 1 aromatic carbocycles. The summed E-state index contributed by atoms with van der Waals surface area (Å²) in [4.78, 5) is 11.8. The lowest BCUT2D eigenvalue weighted by Gasteiger charge is -2.11. The van der Waals surface area contributed by atoms with Crippen molar-refractivity contribution in [3.63, 3.8) is 0 Å². The molecule has 0 radical (unpaired) electrons. The van der Waals surface area contributed by atoms with Crippen LogP contribution in [0.1, 0.15) is 16.8 Å². The van der Waals surface area contributed by atoms with Crippen molar-refractivity contribution in [2.75, 3.05) is 20.3 Å². The first-order valence-electron chi connectivity index (χ1n) is 5.43. The van der Waals surface area contributed by atoms with E-state index in [1.54, 1.807) is 0 Å². The highest BCUT2D eigenvalue weighted by atomic mass is 19.1. The van der Waals surface area contributed by atoms with E-state index in [9.17, 15) is 9.18 Å². The maximum Gasteiger partial charge on any atom is 0.251 e. The van der Waals surface area contributed by atoms with Crippen LogP contribution in [-0.2, 0) is 4.74 Å². The lowest BCUT2D eigenvalue weighted by atomic mass is 10.1. The smallest absolute Gasteiger partial charge is 0.251 e. The average Bonchev–Trinajstić information content (AvgIpc) is 2.81. The summed E-state index contributed by atoms with van der Waals surface area (Å²) in [6.07, 6.45) is 0.796. The van der Waals surface area contributed by atoms with Crippen molar-refractivity contribution < 1.29 is 18.7 Å². The molecule has 4 nitrogen and oxygen atoms in total. The Morgan fingerprint density at radius 2 is 2.41 bits per heavy atom. The van der Waals surface area contributed by atoms with E-state index in [1.807, 2.05) is 0 Å². The second kappa shape index (κ2) is 5.14. The van der Waals surface area contributed by atoms with E-state index in [2.05, 4.69) is 5.32 Å². The summed E-state index contributed by atoms with van der Waals surface area (Å²) in [6, 6.07) is 4.17. The van der Waals surface area contributed by atoms with Crippen LogP contribution in [0.25, 0.3) is 0 Å². The fourth-order valence-electron chi connectivity index (χ4n) is 1.72. The molecule has 0 spiro atoms. The van der Waals surface area contributed by atoms with Gasteiger partial charge in [-0.1, -0.05) is 0 Å². The molecule has 1 fully saturated rings. The molecule has 1 N–H and O–H groups in total. The second-order valence-electron chi connectivity index (χ2n) is 3.88. The van der Waals surface area contributed by atoms with E-state index in [-0.39, 0.29) is 23.3 Å². The normalized spacial score (nSPS) is 19.1. The predicted molar refractivity (Wildman–Crippen MR) is 59.6 cm³/mol. The number of hydrogen-bond donors (Lipinski definition) is 1. The van der Waals surface area contributed by atoms with Crippen molar-refractivity contribution in [2.45, 2.75) is 12.5 Å². The Morgan fingerprint density at radius 1 is 1.59 bits per heavy atom. The van der Waals surface area contributed by atoms with Crippen LogP contribution in [0.2, 0.25) is 0 Å². The summed E-state index contributed by atoms with van der Waals surface area (Å²) < 4.78 is 23.3. The first-order valence-corrected chi connectivity index (χ1v) is 5.43. The maximum absolute atomic E-state index is 13.4. The molecule has 1 atom stereocenters. The van der Waals surface area contributed by atoms with Crippen LogP contribution in [0.3, 0.4) is 0 Å². The Kier molecular flexibility index (Phi) is 3.58. The lowest BCUT2D eigenvalue weighted by Crippen LogP contribution is -2.35. The van der Waals surface area contributed by atoms with Gasteiger partial charge in [0, 0.05) is 12.2 Å². The van der Waals surface area contributed by atoms with E-state index in [0.29, 0.717) is 13.2 Å². The Balaban J connectivity index is 2.05. The first kappa shape index (κ1) is 11.9. The van der Waals surface area contributed by atoms with E-state index in [1.165, 1.54) is 25.3 Å². The van der Waals surface area contributed by atoms with Gasteiger partial charge in [0.1, 0.15) is 0 Å². The first-order chi connectivity index (χ1) is 8.20. The monoisotopic (exact) mass is 239 g/mol.